The summed E-state index contributed by atoms with van der Waals surface area (Å²) in [6, 6.07) is 0. The molecule has 1 atom stereocenters. The zero-order valence-corrected chi connectivity index (χ0v) is 11.9. The van der Waals surface area contributed by atoms with Gasteiger partial charge in [0, 0.05) is 13.2 Å². The molecule has 17 heavy (non-hydrogen) atoms. The molecule has 3 heteroatoms. The lowest BCUT2D eigenvalue weighted by Gasteiger charge is -2.10. The Kier molecular flexibility index (Phi) is 13.4. The summed E-state index contributed by atoms with van der Waals surface area (Å²) >= 11 is 0. The largest absolute Gasteiger partial charge is 0.314 e. The van der Waals surface area contributed by atoms with E-state index < -0.39 is 0 Å². The SMILES string of the molecule is CCNC/C=C\CCC(C)CCNCNCC. The van der Waals surface area contributed by atoms with Crippen LogP contribution in [-0.2, 0) is 0 Å². The summed E-state index contributed by atoms with van der Waals surface area (Å²) in [5.41, 5.74) is 0. The molecule has 0 fully saturated rings. The molecule has 0 amide bonds. The van der Waals surface area contributed by atoms with Gasteiger partial charge < -0.3 is 16.0 Å². The molecule has 0 aromatic rings. The topological polar surface area (TPSA) is 36.1 Å². The van der Waals surface area contributed by atoms with Crippen LogP contribution in [0.25, 0.3) is 0 Å². The molecule has 0 saturated heterocycles. The monoisotopic (exact) mass is 241 g/mol. The van der Waals surface area contributed by atoms with Gasteiger partial charge in [0.2, 0.25) is 0 Å². The number of nitrogens with one attached hydrogen (secondary N) is 3. The van der Waals surface area contributed by atoms with E-state index in [0.717, 1.165) is 38.8 Å². The second-order valence-corrected chi connectivity index (χ2v) is 4.53. The number of hydrogen-bond donors (Lipinski definition) is 3. The van der Waals surface area contributed by atoms with Crippen LogP contribution in [0.2, 0.25) is 0 Å². The van der Waals surface area contributed by atoms with Crippen molar-refractivity contribution in [3.05, 3.63) is 12.2 Å². The summed E-state index contributed by atoms with van der Waals surface area (Å²) in [6.45, 7) is 11.8. The van der Waals surface area contributed by atoms with Crippen LogP contribution in [0.1, 0.15) is 40.0 Å². The van der Waals surface area contributed by atoms with Crippen LogP contribution in [0.15, 0.2) is 12.2 Å². The number of rotatable bonds is 12. The van der Waals surface area contributed by atoms with Gasteiger partial charge in [-0.1, -0.05) is 32.9 Å². The standard InChI is InChI=1S/C14H31N3/c1-4-15-11-8-6-7-9-14(3)10-12-17-13-16-5-2/h6,8,14-17H,4-5,7,9-13H2,1-3H3/b8-6-. The average molecular weight is 241 g/mol. The maximum Gasteiger partial charge on any atom is 0.0454 e. The molecule has 0 aromatic carbocycles. The van der Waals surface area contributed by atoms with Gasteiger partial charge in [-0.3, -0.25) is 0 Å². The number of hydrogen-bond acceptors (Lipinski definition) is 3. The van der Waals surface area contributed by atoms with Gasteiger partial charge in [0.15, 0.2) is 0 Å². The van der Waals surface area contributed by atoms with E-state index in [4.69, 9.17) is 0 Å². The molecule has 0 aliphatic heterocycles. The first-order chi connectivity index (χ1) is 8.31. The lowest BCUT2D eigenvalue weighted by atomic mass is 10.0. The van der Waals surface area contributed by atoms with Crippen LogP contribution in [0.3, 0.4) is 0 Å². The summed E-state index contributed by atoms with van der Waals surface area (Å²) in [5.74, 6) is 0.813. The quantitative estimate of drug-likeness (QED) is 0.278. The molecule has 0 saturated carbocycles. The van der Waals surface area contributed by atoms with E-state index in [1.807, 2.05) is 0 Å². The van der Waals surface area contributed by atoms with Gasteiger partial charge in [0.1, 0.15) is 0 Å². The lowest BCUT2D eigenvalue weighted by molar-refractivity contribution is 0.464. The van der Waals surface area contributed by atoms with Crippen molar-refractivity contribution in [2.24, 2.45) is 5.92 Å². The van der Waals surface area contributed by atoms with E-state index in [0.29, 0.717) is 0 Å². The Morgan fingerprint density at radius 3 is 2.41 bits per heavy atom. The molecule has 0 spiro atoms. The van der Waals surface area contributed by atoms with Crippen LogP contribution < -0.4 is 16.0 Å². The molecule has 3 N–H and O–H groups in total. The van der Waals surface area contributed by atoms with Gasteiger partial charge >= 0.3 is 0 Å². The summed E-state index contributed by atoms with van der Waals surface area (Å²) in [5, 5.41) is 9.95. The van der Waals surface area contributed by atoms with E-state index in [1.54, 1.807) is 0 Å². The molecule has 0 aliphatic rings. The summed E-state index contributed by atoms with van der Waals surface area (Å²) in [4.78, 5) is 0. The molecule has 102 valence electrons. The molecule has 3 nitrogen and oxygen atoms in total. The molecular formula is C14H31N3. The fourth-order valence-electron chi connectivity index (χ4n) is 1.60. The third-order valence-corrected chi connectivity index (χ3v) is 2.82. The maximum atomic E-state index is 3.40. The van der Waals surface area contributed by atoms with Crippen LogP contribution in [0.5, 0.6) is 0 Å². The van der Waals surface area contributed by atoms with Crippen molar-refractivity contribution in [3.63, 3.8) is 0 Å². The van der Waals surface area contributed by atoms with E-state index in [1.165, 1.54) is 19.3 Å². The Hall–Kier alpha value is -0.380. The molecule has 0 aromatic heterocycles. The minimum absolute atomic E-state index is 0.813. The van der Waals surface area contributed by atoms with Gasteiger partial charge in [-0.25, -0.2) is 0 Å². The zero-order valence-electron chi connectivity index (χ0n) is 11.9. The van der Waals surface area contributed by atoms with Crippen LogP contribution >= 0.6 is 0 Å². The van der Waals surface area contributed by atoms with E-state index >= 15 is 0 Å². The fourth-order valence-corrected chi connectivity index (χ4v) is 1.60. The first-order valence-electron chi connectivity index (χ1n) is 7.08. The highest BCUT2D eigenvalue weighted by Gasteiger charge is 1.99. The first-order valence-corrected chi connectivity index (χ1v) is 7.08. The van der Waals surface area contributed by atoms with Crippen molar-refractivity contribution in [1.29, 1.82) is 0 Å². The summed E-state index contributed by atoms with van der Waals surface area (Å²) < 4.78 is 0. The van der Waals surface area contributed by atoms with Crippen LogP contribution in [-0.4, -0.2) is 32.8 Å². The van der Waals surface area contributed by atoms with Gasteiger partial charge in [-0.2, -0.15) is 0 Å². The average Bonchev–Trinajstić information content (AvgIpc) is 2.33. The van der Waals surface area contributed by atoms with Crippen molar-refractivity contribution >= 4 is 0 Å². The minimum atomic E-state index is 0.813. The second kappa shape index (κ2) is 13.7. The van der Waals surface area contributed by atoms with Gasteiger partial charge in [-0.15, -0.1) is 0 Å². The third-order valence-electron chi connectivity index (χ3n) is 2.82. The van der Waals surface area contributed by atoms with Gasteiger partial charge in [0.25, 0.3) is 0 Å². The Bertz CT molecular complexity index is 169. The van der Waals surface area contributed by atoms with E-state index in [9.17, 15) is 0 Å². The molecule has 0 aliphatic carbocycles. The molecule has 0 radical (unpaired) electrons. The van der Waals surface area contributed by atoms with Crippen LogP contribution in [0.4, 0.5) is 0 Å². The van der Waals surface area contributed by atoms with Crippen molar-refractivity contribution in [2.75, 3.05) is 32.8 Å². The highest BCUT2D eigenvalue weighted by atomic mass is 15.0. The van der Waals surface area contributed by atoms with Crippen molar-refractivity contribution in [3.8, 4) is 0 Å². The maximum absolute atomic E-state index is 3.40. The van der Waals surface area contributed by atoms with Gasteiger partial charge in [0.05, 0.1) is 0 Å². The Morgan fingerprint density at radius 2 is 1.71 bits per heavy atom. The molecule has 1 unspecified atom stereocenters. The predicted octanol–water partition coefficient (Wildman–Crippen LogP) is 2.12. The number of likely N-dealkylation sites (N-methyl/N-ethyl adjacent to an activating group) is 1. The van der Waals surface area contributed by atoms with Gasteiger partial charge in [-0.05, 0) is 44.8 Å². The molecule has 0 bridgehead atoms. The van der Waals surface area contributed by atoms with Crippen molar-refractivity contribution in [2.45, 2.75) is 40.0 Å². The predicted molar refractivity (Wildman–Crippen MR) is 77.2 cm³/mol. The van der Waals surface area contributed by atoms with Crippen molar-refractivity contribution in [1.82, 2.24) is 16.0 Å². The fraction of sp³-hybridized carbons (Fsp3) is 0.857. The smallest absolute Gasteiger partial charge is 0.0454 e. The molecular weight excluding hydrogens is 210 g/mol. The van der Waals surface area contributed by atoms with Crippen molar-refractivity contribution < 1.29 is 0 Å². The highest BCUT2D eigenvalue weighted by Crippen LogP contribution is 2.09. The Morgan fingerprint density at radius 1 is 0.941 bits per heavy atom. The Labute approximate surface area is 107 Å². The molecule has 0 heterocycles. The third kappa shape index (κ3) is 13.6. The Balaban J connectivity index is 3.22. The number of allylic oxidation sites excluding steroid dienone is 1. The second-order valence-electron chi connectivity index (χ2n) is 4.53. The van der Waals surface area contributed by atoms with E-state index in [-0.39, 0.29) is 0 Å². The van der Waals surface area contributed by atoms with E-state index in [2.05, 4.69) is 48.9 Å². The van der Waals surface area contributed by atoms with Crippen LogP contribution in [0, 0.1) is 5.92 Å². The summed E-state index contributed by atoms with van der Waals surface area (Å²) in [7, 11) is 0. The minimum Gasteiger partial charge on any atom is -0.314 e. The normalized spacial score (nSPS) is 13.4. The summed E-state index contributed by atoms with van der Waals surface area (Å²) in [6.07, 6.45) is 8.31. The first kappa shape index (κ1) is 16.6. The highest BCUT2D eigenvalue weighted by molar-refractivity contribution is 4.83. The molecule has 0 rings (SSSR count). The zero-order chi connectivity index (χ0) is 12.8. The lowest BCUT2D eigenvalue weighted by Crippen LogP contribution is -2.29.